The van der Waals surface area contributed by atoms with Crippen LogP contribution < -0.4 is 5.32 Å². The van der Waals surface area contributed by atoms with E-state index < -0.39 is 0 Å². The van der Waals surface area contributed by atoms with Crippen LogP contribution in [0.2, 0.25) is 0 Å². The Hall–Kier alpha value is -1.03. The van der Waals surface area contributed by atoms with Gasteiger partial charge in [0.05, 0.1) is 5.69 Å². The van der Waals surface area contributed by atoms with E-state index in [2.05, 4.69) is 10.4 Å². The number of amides is 1. The third-order valence-corrected chi connectivity index (χ3v) is 4.20. The van der Waals surface area contributed by atoms with Crippen molar-refractivity contribution in [1.82, 2.24) is 15.1 Å². The highest BCUT2D eigenvalue weighted by Crippen LogP contribution is 2.27. The van der Waals surface area contributed by atoms with Gasteiger partial charge in [-0.15, -0.1) is 11.6 Å². The Balaban J connectivity index is 1.87. The fourth-order valence-corrected chi connectivity index (χ4v) is 2.87. The van der Waals surface area contributed by atoms with E-state index in [1.165, 1.54) is 0 Å². The van der Waals surface area contributed by atoms with Crippen molar-refractivity contribution in [3.8, 4) is 0 Å². The molecule has 1 aliphatic carbocycles. The summed E-state index contributed by atoms with van der Waals surface area (Å²) in [6, 6.07) is 1.84. The topological polar surface area (TPSA) is 46.9 Å². The van der Waals surface area contributed by atoms with Gasteiger partial charge in [0, 0.05) is 18.5 Å². The summed E-state index contributed by atoms with van der Waals surface area (Å²) in [5.74, 6) is 0.550. The quantitative estimate of drug-likeness (QED) is 0.864. The number of aromatic nitrogens is 2. The zero-order valence-electron chi connectivity index (χ0n) is 11.7. The largest absolute Gasteiger partial charge is 0.350 e. The van der Waals surface area contributed by atoms with Gasteiger partial charge in [-0.2, -0.15) is 5.10 Å². The molecule has 1 saturated carbocycles. The van der Waals surface area contributed by atoms with E-state index >= 15 is 0 Å². The third kappa shape index (κ3) is 3.72. The molecular weight excluding hydrogens is 262 g/mol. The number of nitrogens with one attached hydrogen (secondary N) is 1. The van der Waals surface area contributed by atoms with Crippen molar-refractivity contribution in [2.75, 3.05) is 6.54 Å². The van der Waals surface area contributed by atoms with Crippen LogP contribution in [-0.4, -0.2) is 27.6 Å². The minimum Gasteiger partial charge on any atom is -0.350 e. The lowest BCUT2D eigenvalue weighted by Gasteiger charge is -2.25. The lowest BCUT2D eigenvalue weighted by molar-refractivity contribution is 0.0933. The lowest BCUT2D eigenvalue weighted by Crippen LogP contribution is -2.32. The van der Waals surface area contributed by atoms with Crippen LogP contribution in [0, 0.1) is 12.8 Å². The van der Waals surface area contributed by atoms with Gasteiger partial charge in [0.1, 0.15) is 5.69 Å². The standard InChI is InChI=1S/C14H22ClN3O/c1-3-18-13(8-10(2)17-18)14(19)16-9-11-4-6-12(15)7-5-11/h8,11-12H,3-7,9H2,1-2H3,(H,16,19). The molecule has 0 bridgehead atoms. The highest BCUT2D eigenvalue weighted by molar-refractivity contribution is 6.20. The van der Waals surface area contributed by atoms with Crippen molar-refractivity contribution in [3.05, 3.63) is 17.5 Å². The van der Waals surface area contributed by atoms with Crippen LogP contribution in [0.3, 0.4) is 0 Å². The highest BCUT2D eigenvalue weighted by atomic mass is 35.5. The Kier molecular flexibility index (Phi) is 4.86. The summed E-state index contributed by atoms with van der Waals surface area (Å²) in [5.41, 5.74) is 1.54. The highest BCUT2D eigenvalue weighted by Gasteiger charge is 2.21. The molecular formula is C14H22ClN3O. The molecule has 1 aliphatic rings. The molecule has 106 valence electrons. The Labute approximate surface area is 119 Å². The number of carbonyl (C=O) groups is 1. The number of nitrogens with zero attached hydrogens (tertiary/aromatic N) is 2. The Bertz CT molecular complexity index is 436. The second-order valence-electron chi connectivity index (χ2n) is 5.31. The number of hydrogen-bond donors (Lipinski definition) is 1. The monoisotopic (exact) mass is 283 g/mol. The van der Waals surface area contributed by atoms with Crippen molar-refractivity contribution in [2.45, 2.75) is 51.5 Å². The summed E-state index contributed by atoms with van der Waals surface area (Å²) < 4.78 is 1.75. The zero-order chi connectivity index (χ0) is 13.8. The molecule has 0 aliphatic heterocycles. The molecule has 2 rings (SSSR count). The number of hydrogen-bond acceptors (Lipinski definition) is 2. The van der Waals surface area contributed by atoms with E-state index in [0.29, 0.717) is 23.5 Å². The van der Waals surface area contributed by atoms with Crippen LogP contribution in [0.1, 0.15) is 48.8 Å². The second-order valence-corrected chi connectivity index (χ2v) is 5.93. The van der Waals surface area contributed by atoms with Crippen LogP contribution in [0.25, 0.3) is 0 Å². The molecule has 5 heteroatoms. The first-order chi connectivity index (χ1) is 9.10. The predicted molar refractivity (Wildman–Crippen MR) is 76.6 cm³/mol. The summed E-state index contributed by atoms with van der Waals surface area (Å²) in [5, 5.41) is 7.65. The van der Waals surface area contributed by atoms with Gasteiger partial charge in [-0.1, -0.05) is 0 Å². The van der Waals surface area contributed by atoms with Gasteiger partial charge in [0.2, 0.25) is 0 Å². The smallest absolute Gasteiger partial charge is 0.269 e. The molecule has 4 nitrogen and oxygen atoms in total. The van der Waals surface area contributed by atoms with Gasteiger partial charge in [-0.05, 0) is 51.5 Å². The van der Waals surface area contributed by atoms with Crippen LogP contribution >= 0.6 is 11.6 Å². The van der Waals surface area contributed by atoms with E-state index in [0.717, 1.165) is 37.9 Å². The zero-order valence-corrected chi connectivity index (χ0v) is 12.4. The third-order valence-electron chi connectivity index (χ3n) is 3.76. The van der Waals surface area contributed by atoms with Crippen LogP contribution in [-0.2, 0) is 6.54 Å². The van der Waals surface area contributed by atoms with Crippen LogP contribution in [0.5, 0.6) is 0 Å². The van der Waals surface area contributed by atoms with Crippen molar-refractivity contribution < 1.29 is 4.79 Å². The molecule has 1 N–H and O–H groups in total. The molecule has 1 fully saturated rings. The molecule has 0 atom stereocenters. The molecule has 0 saturated heterocycles. The first-order valence-corrected chi connectivity index (χ1v) is 7.50. The van der Waals surface area contributed by atoms with E-state index in [1.807, 2.05) is 19.9 Å². The molecule has 0 radical (unpaired) electrons. The van der Waals surface area contributed by atoms with Gasteiger partial charge < -0.3 is 5.32 Å². The van der Waals surface area contributed by atoms with Gasteiger partial charge >= 0.3 is 0 Å². The average Bonchev–Trinajstić information content (AvgIpc) is 2.79. The summed E-state index contributed by atoms with van der Waals surface area (Å²) >= 11 is 6.08. The van der Waals surface area contributed by atoms with Crippen molar-refractivity contribution in [2.24, 2.45) is 5.92 Å². The minimum absolute atomic E-state index is 0.0181. The lowest BCUT2D eigenvalue weighted by atomic mass is 9.89. The number of halogens is 1. The van der Waals surface area contributed by atoms with Gasteiger partial charge in [-0.25, -0.2) is 0 Å². The maximum Gasteiger partial charge on any atom is 0.269 e. The first kappa shape index (κ1) is 14.4. The van der Waals surface area contributed by atoms with E-state index in [1.54, 1.807) is 4.68 Å². The molecule has 1 aromatic rings. The van der Waals surface area contributed by atoms with Crippen LogP contribution in [0.4, 0.5) is 0 Å². The normalized spacial score (nSPS) is 23.3. The molecule has 0 unspecified atom stereocenters. The maximum absolute atomic E-state index is 12.1. The number of aryl methyl sites for hydroxylation is 2. The average molecular weight is 284 g/mol. The SMILES string of the molecule is CCn1nc(C)cc1C(=O)NCC1CCC(Cl)CC1. The number of alkyl halides is 1. The molecule has 0 aromatic carbocycles. The molecule has 1 heterocycles. The molecule has 1 amide bonds. The van der Waals surface area contributed by atoms with Crippen molar-refractivity contribution in [1.29, 1.82) is 0 Å². The fraction of sp³-hybridized carbons (Fsp3) is 0.714. The van der Waals surface area contributed by atoms with Gasteiger partial charge in [-0.3, -0.25) is 9.48 Å². The van der Waals surface area contributed by atoms with E-state index in [9.17, 15) is 4.79 Å². The summed E-state index contributed by atoms with van der Waals surface area (Å²) in [6.45, 7) is 5.36. The Morgan fingerprint density at radius 1 is 1.47 bits per heavy atom. The molecule has 1 aromatic heterocycles. The summed E-state index contributed by atoms with van der Waals surface area (Å²) in [4.78, 5) is 12.1. The van der Waals surface area contributed by atoms with Crippen molar-refractivity contribution >= 4 is 17.5 Å². The Morgan fingerprint density at radius 2 is 2.16 bits per heavy atom. The first-order valence-electron chi connectivity index (χ1n) is 7.07. The number of carbonyl (C=O) groups excluding carboxylic acids is 1. The fourth-order valence-electron chi connectivity index (χ4n) is 2.62. The Morgan fingerprint density at radius 3 is 2.79 bits per heavy atom. The van der Waals surface area contributed by atoms with E-state index in [4.69, 9.17) is 11.6 Å². The van der Waals surface area contributed by atoms with Gasteiger partial charge in [0.15, 0.2) is 0 Å². The van der Waals surface area contributed by atoms with Crippen molar-refractivity contribution in [3.63, 3.8) is 0 Å². The predicted octanol–water partition coefficient (Wildman–Crippen LogP) is 2.74. The second kappa shape index (κ2) is 6.42. The molecule has 0 spiro atoms. The summed E-state index contributed by atoms with van der Waals surface area (Å²) in [7, 11) is 0. The summed E-state index contributed by atoms with van der Waals surface area (Å²) in [6.07, 6.45) is 4.35. The number of rotatable bonds is 4. The van der Waals surface area contributed by atoms with Crippen LogP contribution in [0.15, 0.2) is 6.07 Å². The maximum atomic E-state index is 12.1. The molecule has 19 heavy (non-hydrogen) atoms. The van der Waals surface area contributed by atoms with E-state index in [-0.39, 0.29) is 5.91 Å². The van der Waals surface area contributed by atoms with Gasteiger partial charge in [0.25, 0.3) is 5.91 Å². The minimum atomic E-state index is -0.0181.